The second-order valence-corrected chi connectivity index (χ2v) is 10.9. The number of rotatable bonds is 8. The Hall–Kier alpha value is -2.62. The topological polar surface area (TPSA) is 113 Å². The maximum absolute atomic E-state index is 14.9. The van der Waals surface area contributed by atoms with E-state index in [1.54, 1.807) is 0 Å². The number of pyridine rings is 1. The number of aryl methyl sites for hydroxylation is 1. The number of esters is 1. The van der Waals surface area contributed by atoms with Gasteiger partial charge in [0, 0.05) is 18.0 Å². The van der Waals surface area contributed by atoms with E-state index in [1.807, 2.05) is 6.92 Å². The normalized spacial score (nSPS) is 25.2. The van der Waals surface area contributed by atoms with Gasteiger partial charge in [-0.05, 0) is 94.5 Å². The van der Waals surface area contributed by atoms with Gasteiger partial charge in [-0.3, -0.25) is 9.78 Å². The van der Waals surface area contributed by atoms with Crippen LogP contribution in [0.2, 0.25) is 0 Å². The lowest BCUT2D eigenvalue weighted by atomic mass is 9.80. The summed E-state index contributed by atoms with van der Waals surface area (Å²) in [5, 5.41) is 20.5. The molecule has 4 N–H and O–H groups in total. The lowest BCUT2D eigenvalue weighted by Gasteiger charge is -2.31. The fourth-order valence-corrected chi connectivity index (χ4v) is 6.18. The minimum absolute atomic E-state index is 0.0314. The zero-order chi connectivity index (χ0) is 26.3. The Labute approximate surface area is 216 Å². The molecule has 5 rings (SSSR count). The van der Waals surface area contributed by atoms with Gasteiger partial charge >= 0.3 is 5.97 Å². The van der Waals surface area contributed by atoms with E-state index in [1.165, 1.54) is 13.0 Å². The van der Waals surface area contributed by atoms with E-state index in [4.69, 9.17) is 9.72 Å². The van der Waals surface area contributed by atoms with Crippen LogP contribution in [-0.4, -0.2) is 47.3 Å². The summed E-state index contributed by atoms with van der Waals surface area (Å²) in [6, 6.07) is 1.23. The largest absolute Gasteiger partial charge is 0.464 e. The van der Waals surface area contributed by atoms with Crippen LogP contribution in [-0.2, 0) is 32.8 Å². The number of nitrogens with one attached hydrogen (secondary N) is 3. The first-order valence-electron chi connectivity index (χ1n) is 13.5. The van der Waals surface area contributed by atoms with E-state index in [2.05, 4.69) is 22.9 Å². The van der Waals surface area contributed by atoms with Crippen LogP contribution in [0.25, 0.3) is 10.9 Å². The van der Waals surface area contributed by atoms with E-state index in [0.29, 0.717) is 30.5 Å². The zero-order valence-corrected chi connectivity index (χ0v) is 21.9. The number of halogens is 1. The predicted octanol–water partition coefficient (Wildman–Crippen LogP) is 2.95. The first-order chi connectivity index (χ1) is 17.7. The van der Waals surface area contributed by atoms with Gasteiger partial charge in [-0.15, -0.1) is 0 Å². The molecular formula is C28H37FN4O4. The molecule has 9 heteroatoms. The molecule has 37 heavy (non-hydrogen) atoms. The van der Waals surface area contributed by atoms with Crippen LogP contribution >= 0.6 is 0 Å². The fourth-order valence-electron chi connectivity index (χ4n) is 6.18. The van der Waals surface area contributed by atoms with Crippen molar-refractivity contribution >= 4 is 22.8 Å². The van der Waals surface area contributed by atoms with Crippen molar-refractivity contribution in [3.8, 4) is 0 Å². The van der Waals surface area contributed by atoms with Gasteiger partial charge in [-0.2, -0.15) is 0 Å². The van der Waals surface area contributed by atoms with Crippen LogP contribution in [0.4, 0.5) is 4.39 Å². The molecule has 0 spiro atoms. The minimum atomic E-state index is -1.12. The molecule has 4 atom stereocenters. The number of aromatic nitrogens is 1. The molecule has 3 aliphatic rings. The lowest BCUT2D eigenvalue weighted by molar-refractivity contribution is -0.152. The molecule has 1 saturated heterocycles. The van der Waals surface area contributed by atoms with Crippen molar-refractivity contribution in [3.05, 3.63) is 39.8 Å². The number of hydrogen-bond acceptors (Lipinski definition) is 7. The number of fused-ring (bicyclic) bond motifs is 2. The van der Waals surface area contributed by atoms with Crippen LogP contribution in [0, 0.1) is 12.7 Å². The predicted molar refractivity (Wildman–Crippen MR) is 137 cm³/mol. The molecule has 2 aromatic rings. The van der Waals surface area contributed by atoms with Gasteiger partial charge in [0.05, 0.1) is 35.4 Å². The van der Waals surface area contributed by atoms with E-state index in [9.17, 15) is 19.1 Å². The van der Waals surface area contributed by atoms with Crippen LogP contribution in [0.1, 0.15) is 86.4 Å². The van der Waals surface area contributed by atoms with E-state index in [-0.39, 0.29) is 30.4 Å². The highest BCUT2D eigenvalue weighted by molar-refractivity contribution is 5.91. The van der Waals surface area contributed by atoms with Crippen molar-refractivity contribution in [2.45, 2.75) is 96.0 Å². The Kier molecular flexibility index (Phi) is 7.22. The van der Waals surface area contributed by atoms with Gasteiger partial charge in [0.2, 0.25) is 5.91 Å². The number of amides is 1. The molecule has 1 aromatic carbocycles. The Balaban J connectivity index is 1.45. The van der Waals surface area contributed by atoms with Crippen LogP contribution < -0.4 is 16.0 Å². The number of nitrogens with zero attached hydrogens (tertiary/aromatic N) is 1. The van der Waals surface area contributed by atoms with Gasteiger partial charge in [-0.25, -0.2) is 9.18 Å². The second-order valence-electron chi connectivity index (χ2n) is 10.9. The molecule has 0 saturated carbocycles. The number of hydrogen-bond donors (Lipinski definition) is 4. The molecule has 1 amide bonds. The average molecular weight is 513 g/mol. The average Bonchev–Trinajstić information content (AvgIpc) is 3.52. The SMILES string of the molecule is Cc1c(F)cc2nc3c(c4c2c1CC[C@@H]4NC(=O)[C@H]1CCCN1)CNC3(C)CCCCOC(=O)C(C)O. The summed E-state index contributed by atoms with van der Waals surface area (Å²) in [6.07, 6.45) is 4.35. The summed E-state index contributed by atoms with van der Waals surface area (Å²) in [5.74, 6) is -0.827. The maximum atomic E-state index is 14.9. The summed E-state index contributed by atoms with van der Waals surface area (Å²) in [7, 11) is 0. The number of aliphatic hydroxyl groups is 1. The van der Waals surface area contributed by atoms with Gasteiger partial charge in [0.1, 0.15) is 11.9 Å². The minimum Gasteiger partial charge on any atom is -0.464 e. The first kappa shape index (κ1) is 26.0. The smallest absolute Gasteiger partial charge is 0.334 e. The fraction of sp³-hybridized carbons (Fsp3) is 0.607. The third-order valence-electron chi connectivity index (χ3n) is 8.30. The van der Waals surface area contributed by atoms with Crippen molar-refractivity contribution in [2.24, 2.45) is 0 Å². The van der Waals surface area contributed by atoms with Crippen molar-refractivity contribution in [2.75, 3.05) is 13.2 Å². The summed E-state index contributed by atoms with van der Waals surface area (Å²) in [5.41, 5.74) is 4.98. The Morgan fingerprint density at radius 1 is 1.32 bits per heavy atom. The molecule has 0 radical (unpaired) electrons. The number of carbonyl (C=O) groups excluding carboxylic acids is 2. The highest BCUT2D eigenvalue weighted by atomic mass is 19.1. The summed E-state index contributed by atoms with van der Waals surface area (Å²) in [6.45, 7) is 7.07. The van der Waals surface area contributed by atoms with Crippen molar-refractivity contribution in [3.63, 3.8) is 0 Å². The standard InChI is InChI=1S/C28H37FN4O4/c1-15-17-8-9-20(33-26(35)21-7-6-11-30-21)24-18-14-31-28(3,10-4-5-12-37-27(36)16(2)34)25(18)32-22(23(17)24)13-19(15)29/h13,16,20-21,30-31,34H,4-12,14H2,1-3H3,(H,33,35)/t16?,20-,21+,28?/m0/s1. The third kappa shape index (κ3) is 4.84. The summed E-state index contributed by atoms with van der Waals surface area (Å²) >= 11 is 0. The molecule has 8 nitrogen and oxygen atoms in total. The third-order valence-corrected chi connectivity index (χ3v) is 8.30. The molecule has 1 aliphatic carbocycles. The Bertz CT molecular complexity index is 1230. The number of unbranched alkanes of at least 4 members (excludes halogenated alkanes) is 1. The van der Waals surface area contributed by atoms with Crippen molar-refractivity contribution in [1.82, 2.24) is 20.9 Å². The summed E-state index contributed by atoms with van der Waals surface area (Å²) < 4.78 is 20.0. The van der Waals surface area contributed by atoms with E-state index in [0.717, 1.165) is 66.4 Å². The van der Waals surface area contributed by atoms with E-state index >= 15 is 0 Å². The Morgan fingerprint density at radius 3 is 2.86 bits per heavy atom. The van der Waals surface area contributed by atoms with E-state index < -0.39 is 17.6 Å². The molecule has 2 unspecified atom stereocenters. The molecule has 0 bridgehead atoms. The number of ether oxygens (including phenoxy) is 1. The molecule has 1 fully saturated rings. The highest BCUT2D eigenvalue weighted by Gasteiger charge is 2.40. The number of carbonyl (C=O) groups is 2. The van der Waals surface area contributed by atoms with Crippen LogP contribution in [0.15, 0.2) is 6.07 Å². The van der Waals surface area contributed by atoms with Crippen LogP contribution in [0.3, 0.4) is 0 Å². The molecule has 200 valence electrons. The lowest BCUT2D eigenvalue weighted by Crippen LogP contribution is -2.43. The highest BCUT2D eigenvalue weighted by Crippen LogP contribution is 2.45. The van der Waals surface area contributed by atoms with Gasteiger partial charge < -0.3 is 25.8 Å². The number of benzene rings is 1. The second kappa shape index (κ2) is 10.3. The van der Waals surface area contributed by atoms with Crippen molar-refractivity contribution < 1.29 is 23.8 Å². The van der Waals surface area contributed by atoms with Gasteiger partial charge in [0.15, 0.2) is 0 Å². The molecule has 1 aromatic heterocycles. The van der Waals surface area contributed by atoms with Gasteiger partial charge in [-0.1, -0.05) is 0 Å². The van der Waals surface area contributed by atoms with Gasteiger partial charge in [0.25, 0.3) is 0 Å². The maximum Gasteiger partial charge on any atom is 0.334 e. The summed E-state index contributed by atoms with van der Waals surface area (Å²) in [4.78, 5) is 29.6. The molecular weight excluding hydrogens is 475 g/mol. The Morgan fingerprint density at radius 2 is 2.14 bits per heavy atom. The quantitative estimate of drug-likeness (QED) is 0.318. The first-order valence-corrected chi connectivity index (χ1v) is 13.5. The molecule has 3 heterocycles. The van der Waals surface area contributed by atoms with Crippen molar-refractivity contribution in [1.29, 1.82) is 0 Å². The molecule has 2 aliphatic heterocycles. The zero-order valence-electron chi connectivity index (χ0n) is 21.9. The monoisotopic (exact) mass is 512 g/mol. The number of aliphatic hydroxyl groups excluding tert-OH is 1. The van der Waals surface area contributed by atoms with Crippen LogP contribution in [0.5, 0.6) is 0 Å².